The van der Waals surface area contributed by atoms with E-state index < -0.39 is 0 Å². The van der Waals surface area contributed by atoms with E-state index in [1.54, 1.807) is 0 Å². The Morgan fingerprint density at radius 3 is 0.764 bits per heavy atom. The van der Waals surface area contributed by atoms with E-state index in [1.807, 2.05) is 12.1 Å². The van der Waals surface area contributed by atoms with Crippen LogP contribution in [-0.2, 0) is 0 Å². The number of pyridine rings is 1. The van der Waals surface area contributed by atoms with Gasteiger partial charge in [-0.05, 0) is 93.0 Å². The summed E-state index contributed by atoms with van der Waals surface area (Å²) in [5.74, 6) is 0. The van der Waals surface area contributed by atoms with E-state index in [2.05, 4.69) is 223 Å². The zero-order chi connectivity index (χ0) is 36.8. The zero-order valence-corrected chi connectivity index (χ0v) is 30.3. The third-order valence-electron chi connectivity index (χ3n) is 10.1. The third-order valence-corrected chi connectivity index (χ3v) is 10.1. The van der Waals surface area contributed by atoms with Gasteiger partial charge in [-0.15, -0.1) is 0 Å². The van der Waals surface area contributed by atoms with Gasteiger partial charge in [0, 0.05) is 28.2 Å². The highest BCUT2D eigenvalue weighted by atomic mass is 15.1. The lowest BCUT2D eigenvalue weighted by molar-refractivity contribution is 1.28. The van der Waals surface area contributed by atoms with Crippen LogP contribution in [0.15, 0.2) is 231 Å². The smallest absolute Gasteiger partial charge is 0.0715 e. The molecule has 0 atom stereocenters. The molecule has 0 spiro atoms. The molecule has 0 radical (unpaired) electrons. The van der Waals surface area contributed by atoms with Crippen LogP contribution in [0.1, 0.15) is 0 Å². The van der Waals surface area contributed by atoms with Crippen LogP contribution in [0, 0.1) is 0 Å². The highest BCUT2D eigenvalue weighted by Gasteiger charge is 2.15. The van der Waals surface area contributed by atoms with Crippen molar-refractivity contribution < 1.29 is 0 Å². The molecular formula is C53H38N2. The topological polar surface area (TPSA) is 16.1 Å². The first-order chi connectivity index (χ1) is 27.2. The van der Waals surface area contributed by atoms with Crippen LogP contribution in [0.4, 0.5) is 17.1 Å². The maximum Gasteiger partial charge on any atom is 0.0715 e. The van der Waals surface area contributed by atoms with Gasteiger partial charge in [-0.1, -0.05) is 182 Å². The molecule has 0 N–H and O–H groups in total. The predicted octanol–water partition coefficient (Wildman–Crippen LogP) is 14.6. The van der Waals surface area contributed by atoms with Gasteiger partial charge in [-0.2, -0.15) is 0 Å². The van der Waals surface area contributed by atoms with Gasteiger partial charge in [-0.25, -0.2) is 4.98 Å². The van der Waals surface area contributed by atoms with Gasteiger partial charge < -0.3 is 4.90 Å². The molecule has 2 nitrogen and oxygen atoms in total. The number of aromatic nitrogens is 1. The van der Waals surface area contributed by atoms with Gasteiger partial charge in [0.05, 0.1) is 11.4 Å². The van der Waals surface area contributed by atoms with Crippen molar-refractivity contribution in [3.05, 3.63) is 231 Å². The quantitative estimate of drug-likeness (QED) is 0.149. The highest BCUT2D eigenvalue weighted by molar-refractivity contribution is 5.82. The van der Waals surface area contributed by atoms with Crippen molar-refractivity contribution >= 4 is 17.1 Å². The number of hydrogen-bond acceptors (Lipinski definition) is 2. The Morgan fingerprint density at radius 2 is 0.455 bits per heavy atom. The molecule has 8 aromatic carbocycles. The number of hydrogen-bond donors (Lipinski definition) is 0. The van der Waals surface area contributed by atoms with Gasteiger partial charge in [0.2, 0.25) is 0 Å². The first kappa shape index (κ1) is 33.5. The first-order valence-electron chi connectivity index (χ1n) is 18.7. The van der Waals surface area contributed by atoms with E-state index >= 15 is 0 Å². The SMILES string of the molecule is c1ccc(-c2ccc(N(c3ccc(-c4ccccc4)cc3)c3ccc(-c4ccc(-c5cc(-c6ccccc6)nc(-c6ccccc6)c5)cc4)cc3)cc2)cc1. The average molecular weight is 703 g/mol. The minimum Gasteiger partial charge on any atom is -0.311 e. The summed E-state index contributed by atoms with van der Waals surface area (Å²) in [7, 11) is 0. The van der Waals surface area contributed by atoms with Crippen molar-refractivity contribution in [3.8, 4) is 67.0 Å². The van der Waals surface area contributed by atoms with Crippen LogP contribution in [0.5, 0.6) is 0 Å². The average Bonchev–Trinajstić information content (AvgIpc) is 3.28. The van der Waals surface area contributed by atoms with Crippen molar-refractivity contribution in [1.29, 1.82) is 0 Å². The second-order valence-corrected chi connectivity index (χ2v) is 13.6. The number of benzene rings is 8. The maximum absolute atomic E-state index is 5.06. The Balaban J connectivity index is 1.03. The van der Waals surface area contributed by atoms with Crippen LogP contribution in [0.2, 0.25) is 0 Å². The summed E-state index contributed by atoms with van der Waals surface area (Å²) in [5, 5.41) is 0. The second-order valence-electron chi connectivity index (χ2n) is 13.6. The highest BCUT2D eigenvalue weighted by Crippen LogP contribution is 2.38. The Kier molecular flexibility index (Phi) is 9.37. The molecule has 0 aliphatic heterocycles. The normalized spacial score (nSPS) is 10.9. The molecule has 260 valence electrons. The summed E-state index contributed by atoms with van der Waals surface area (Å²) in [5.41, 5.74) is 16.9. The summed E-state index contributed by atoms with van der Waals surface area (Å²) in [6.45, 7) is 0. The van der Waals surface area contributed by atoms with E-state index in [9.17, 15) is 0 Å². The van der Waals surface area contributed by atoms with Gasteiger partial charge in [-0.3, -0.25) is 0 Å². The molecule has 2 heteroatoms. The van der Waals surface area contributed by atoms with E-state index in [4.69, 9.17) is 4.98 Å². The minimum atomic E-state index is 0.964. The lowest BCUT2D eigenvalue weighted by Gasteiger charge is -2.26. The summed E-state index contributed by atoms with van der Waals surface area (Å²) >= 11 is 0. The summed E-state index contributed by atoms with van der Waals surface area (Å²) in [6.07, 6.45) is 0. The molecule has 55 heavy (non-hydrogen) atoms. The second kappa shape index (κ2) is 15.4. The molecule has 0 aliphatic rings. The molecule has 0 fully saturated rings. The summed E-state index contributed by atoms with van der Waals surface area (Å²) in [4.78, 5) is 7.39. The van der Waals surface area contributed by atoms with Gasteiger partial charge in [0.25, 0.3) is 0 Å². The maximum atomic E-state index is 5.06. The van der Waals surface area contributed by atoms with Crippen LogP contribution in [-0.4, -0.2) is 4.98 Å². The van der Waals surface area contributed by atoms with E-state index in [0.717, 1.165) is 50.7 Å². The van der Waals surface area contributed by atoms with Crippen molar-refractivity contribution in [2.24, 2.45) is 0 Å². The van der Waals surface area contributed by atoms with Crippen LogP contribution in [0.3, 0.4) is 0 Å². The van der Waals surface area contributed by atoms with E-state index in [-0.39, 0.29) is 0 Å². The first-order valence-corrected chi connectivity index (χ1v) is 18.7. The fourth-order valence-corrected chi connectivity index (χ4v) is 7.18. The van der Waals surface area contributed by atoms with Crippen LogP contribution < -0.4 is 4.90 Å². The molecule has 9 rings (SSSR count). The van der Waals surface area contributed by atoms with E-state index in [0.29, 0.717) is 0 Å². The number of anilines is 3. The lowest BCUT2D eigenvalue weighted by Crippen LogP contribution is -2.09. The van der Waals surface area contributed by atoms with Crippen molar-refractivity contribution in [2.45, 2.75) is 0 Å². The van der Waals surface area contributed by atoms with Crippen molar-refractivity contribution in [3.63, 3.8) is 0 Å². The molecule has 1 heterocycles. The molecular weight excluding hydrogens is 665 g/mol. The third kappa shape index (κ3) is 7.35. The monoisotopic (exact) mass is 702 g/mol. The molecule has 0 bridgehead atoms. The van der Waals surface area contributed by atoms with Gasteiger partial charge >= 0.3 is 0 Å². The molecule has 0 amide bonds. The fraction of sp³-hybridized carbons (Fsp3) is 0. The minimum absolute atomic E-state index is 0.964. The Morgan fingerprint density at radius 1 is 0.218 bits per heavy atom. The Hall–Kier alpha value is -7.29. The standard InChI is InChI=1S/C53H38N2/c1-5-13-39(14-6-1)42-25-31-49(32-26-42)55(50-33-27-43(28-34-50)40-15-7-2-8-16-40)51-35-29-44(30-36-51)41-21-23-45(24-22-41)48-37-52(46-17-9-3-10-18-46)54-53(38-48)47-19-11-4-12-20-47/h1-38H. The van der Waals surface area contributed by atoms with Crippen LogP contribution in [0.25, 0.3) is 67.0 Å². The van der Waals surface area contributed by atoms with Crippen molar-refractivity contribution in [1.82, 2.24) is 4.98 Å². The van der Waals surface area contributed by atoms with Gasteiger partial charge in [0.15, 0.2) is 0 Å². The largest absolute Gasteiger partial charge is 0.311 e. The lowest BCUT2D eigenvalue weighted by atomic mass is 9.97. The van der Waals surface area contributed by atoms with Gasteiger partial charge in [0.1, 0.15) is 0 Å². The van der Waals surface area contributed by atoms with Crippen molar-refractivity contribution in [2.75, 3.05) is 4.90 Å². The molecule has 0 saturated heterocycles. The molecule has 0 aliphatic carbocycles. The predicted molar refractivity (Wildman–Crippen MR) is 232 cm³/mol. The Bertz CT molecular complexity index is 2480. The Labute approximate surface area is 323 Å². The fourth-order valence-electron chi connectivity index (χ4n) is 7.18. The zero-order valence-electron chi connectivity index (χ0n) is 30.3. The summed E-state index contributed by atoms with van der Waals surface area (Å²) < 4.78 is 0. The van der Waals surface area contributed by atoms with E-state index in [1.165, 1.54) is 33.4 Å². The number of rotatable bonds is 9. The molecule has 0 saturated carbocycles. The summed E-state index contributed by atoms with van der Waals surface area (Å²) in [6, 6.07) is 81.7. The molecule has 9 aromatic rings. The molecule has 1 aromatic heterocycles. The number of nitrogens with zero attached hydrogens (tertiary/aromatic N) is 2. The molecule has 0 unspecified atom stereocenters. The van der Waals surface area contributed by atoms with Crippen LogP contribution >= 0.6 is 0 Å².